The van der Waals surface area contributed by atoms with Gasteiger partial charge in [-0.3, -0.25) is 0 Å². The summed E-state index contributed by atoms with van der Waals surface area (Å²) in [6.07, 6.45) is -0.406. The van der Waals surface area contributed by atoms with E-state index < -0.39 is 12.1 Å². The molecule has 0 aromatic carbocycles. The first-order valence-electron chi connectivity index (χ1n) is 3.25. The van der Waals surface area contributed by atoms with Gasteiger partial charge in [0.2, 0.25) is 0 Å². The monoisotopic (exact) mass is 149 g/mol. The molecule has 10 heavy (non-hydrogen) atoms. The Balaban J connectivity index is 3.21. The molecule has 0 saturated heterocycles. The summed E-state index contributed by atoms with van der Waals surface area (Å²) in [5, 5.41) is 8.08. The van der Waals surface area contributed by atoms with Crippen molar-refractivity contribution in [1.82, 2.24) is 0 Å². The summed E-state index contributed by atoms with van der Waals surface area (Å²) in [5.74, 6) is -1.38. The molecule has 0 aliphatic heterocycles. The zero-order valence-corrected chi connectivity index (χ0v) is 5.72. The lowest BCUT2D eigenvalue weighted by Crippen LogP contribution is -2.14. The number of hydrogen-bond acceptors (Lipinski definition) is 2. The number of aliphatic carboxylic acids is 1. The molecule has 0 spiro atoms. The van der Waals surface area contributed by atoms with Gasteiger partial charge in [0.25, 0.3) is 0 Å². The van der Waals surface area contributed by atoms with E-state index in [1.165, 1.54) is 0 Å². The van der Waals surface area contributed by atoms with Crippen LogP contribution in [0.3, 0.4) is 0 Å². The van der Waals surface area contributed by atoms with Gasteiger partial charge in [-0.2, -0.15) is 0 Å². The predicted octanol–water partition coefficient (Wildman–Crippen LogP) is 0.538. The largest absolute Gasteiger partial charge is 0.479 e. The van der Waals surface area contributed by atoms with Gasteiger partial charge in [0.15, 0.2) is 6.17 Å². The lowest BCUT2D eigenvalue weighted by atomic mass is 10.2. The first kappa shape index (κ1) is 9.36. The first-order chi connectivity index (χ1) is 4.68. The molecule has 0 aromatic heterocycles. The minimum atomic E-state index is -1.72. The van der Waals surface area contributed by atoms with Crippen LogP contribution in [-0.2, 0) is 4.79 Å². The second-order valence-electron chi connectivity index (χ2n) is 2.09. The molecule has 1 atom stereocenters. The van der Waals surface area contributed by atoms with Crippen molar-refractivity contribution in [2.45, 2.75) is 25.4 Å². The van der Waals surface area contributed by atoms with Crippen LogP contribution >= 0.6 is 0 Å². The quantitative estimate of drug-likeness (QED) is 0.561. The van der Waals surface area contributed by atoms with Crippen LogP contribution in [0.4, 0.5) is 4.39 Å². The summed E-state index contributed by atoms with van der Waals surface area (Å²) in [6.45, 7) is 0.492. The highest BCUT2D eigenvalue weighted by molar-refractivity contribution is 5.71. The molecule has 3 N–H and O–H groups in total. The molecule has 0 radical (unpaired) electrons. The van der Waals surface area contributed by atoms with Gasteiger partial charge in [-0.1, -0.05) is 0 Å². The molecular formula is C6H12FNO2. The second kappa shape index (κ2) is 5.17. The Labute approximate surface area is 59.0 Å². The Bertz CT molecular complexity index is 108. The van der Waals surface area contributed by atoms with Crippen molar-refractivity contribution in [2.24, 2.45) is 5.73 Å². The molecule has 0 fully saturated rings. The number of alkyl halides is 1. The Morgan fingerprint density at radius 2 is 2.20 bits per heavy atom. The highest BCUT2D eigenvalue weighted by atomic mass is 19.1. The van der Waals surface area contributed by atoms with E-state index in [1.807, 2.05) is 0 Å². The van der Waals surface area contributed by atoms with E-state index in [0.717, 1.165) is 0 Å². The van der Waals surface area contributed by atoms with E-state index in [9.17, 15) is 9.18 Å². The van der Waals surface area contributed by atoms with E-state index >= 15 is 0 Å². The van der Waals surface area contributed by atoms with E-state index in [1.54, 1.807) is 0 Å². The average molecular weight is 149 g/mol. The van der Waals surface area contributed by atoms with Crippen LogP contribution in [0.25, 0.3) is 0 Å². The van der Waals surface area contributed by atoms with Gasteiger partial charge in [-0.25, -0.2) is 9.18 Å². The number of carbonyl (C=O) groups is 1. The van der Waals surface area contributed by atoms with Gasteiger partial charge in [-0.15, -0.1) is 0 Å². The van der Waals surface area contributed by atoms with Crippen molar-refractivity contribution >= 4 is 5.97 Å². The maximum atomic E-state index is 12.2. The van der Waals surface area contributed by atoms with Crippen molar-refractivity contribution < 1.29 is 14.3 Å². The van der Waals surface area contributed by atoms with Crippen LogP contribution in [0.1, 0.15) is 19.3 Å². The van der Waals surface area contributed by atoms with E-state index in [2.05, 4.69) is 0 Å². The number of halogens is 1. The van der Waals surface area contributed by atoms with Gasteiger partial charge in [0, 0.05) is 0 Å². The molecule has 1 unspecified atom stereocenters. The van der Waals surface area contributed by atoms with Crippen molar-refractivity contribution in [2.75, 3.05) is 6.54 Å². The zero-order chi connectivity index (χ0) is 7.98. The molecule has 0 rings (SSSR count). The molecule has 4 heteroatoms. The molecule has 0 bridgehead atoms. The van der Waals surface area contributed by atoms with Crippen molar-refractivity contribution in [3.8, 4) is 0 Å². The van der Waals surface area contributed by atoms with Crippen LogP contribution in [0, 0.1) is 0 Å². The molecule has 0 aliphatic carbocycles. The fourth-order valence-electron chi connectivity index (χ4n) is 0.591. The molecule has 60 valence electrons. The van der Waals surface area contributed by atoms with Gasteiger partial charge in [0.05, 0.1) is 0 Å². The third-order valence-corrected chi connectivity index (χ3v) is 1.18. The van der Waals surface area contributed by atoms with Gasteiger partial charge in [0.1, 0.15) is 0 Å². The molecule has 0 heterocycles. The summed E-state index contributed by atoms with van der Waals surface area (Å²) >= 11 is 0. The lowest BCUT2D eigenvalue weighted by molar-refractivity contribution is -0.143. The topological polar surface area (TPSA) is 63.3 Å². The van der Waals surface area contributed by atoms with Crippen molar-refractivity contribution in [3.05, 3.63) is 0 Å². The molecule has 0 aliphatic rings. The van der Waals surface area contributed by atoms with E-state index in [0.29, 0.717) is 19.4 Å². The Hall–Kier alpha value is -0.640. The number of rotatable bonds is 5. The standard InChI is InChI=1S/C6H12FNO2/c7-5(6(9)10)3-1-2-4-8/h5H,1-4,8H2,(H,9,10). The molecule has 3 nitrogen and oxygen atoms in total. The number of hydrogen-bond donors (Lipinski definition) is 2. The average Bonchev–Trinajstić information content (AvgIpc) is 1.88. The van der Waals surface area contributed by atoms with Crippen LogP contribution in [0.5, 0.6) is 0 Å². The molecule has 0 amide bonds. The summed E-state index contributed by atoms with van der Waals surface area (Å²) < 4.78 is 12.2. The van der Waals surface area contributed by atoms with Crippen molar-refractivity contribution in [1.29, 1.82) is 0 Å². The predicted molar refractivity (Wildman–Crippen MR) is 35.4 cm³/mol. The number of carboxylic acid groups (broad SMARTS) is 1. The SMILES string of the molecule is NCCCCC(F)C(=O)O. The lowest BCUT2D eigenvalue weighted by Gasteiger charge is -1.99. The number of unbranched alkanes of at least 4 members (excludes halogenated alkanes) is 1. The number of nitrogens with two attached hydrogens (primary N) is 1. The Morgan fingerprint density at radius 3 is 2.60 bits per heavy atom. The smallest absolute Gasteiger partial charge is 0.338 e. The van der Waals surface area contributed by atoms with E-state index in [-0.39, 0.29) is 6.42 Å². The van der Waals surface area contributed by atoms with Gasteiger partial charge >= 0.3 is 5.97 Å². The van der Waals surface area contributed by atoms with Crippen LogP contribution in [0.15, 0.2) is 0 Å². The van der Waals surface area contributed by atoms with Crippen LogP contribution < -0.4 is 5.73 Å². The summed E-state index contributed by atoms with van der Waals surface area (Å²) in [6, 6.07) is 0. The minimum absolute atomic E-state index is 0.0759. The Kier molecular flexibility index (Phi) is 4.84. The Morgan fingerprint density at radius 1 is 1.60 bits per heavy atom. The van der Waals surface area contributed by atoms with Gasteiger partial charge in [-0.05, 0) is 25.8 Å². The summed E-state index contributed by atoms with van der Waals surface area (Å²) in [7, 11) is 0. The van der Waals surface area contributed by atoms with E-state index in [4.69, 9.17) is 10.8 Å². The minimum Gasteiger partial charge on any atom is -0.479 e. The maximum Gasteiger partial charge on any atom is 0.338 e. The molecular weight excluding hydrogens is 137 g/mol. The fourth-order valence-corrected chi connectivity index (χ4v) is 0.591. The third-order valence-electron chi connectivity index (χ3n) is 1.18. The highest BCUT2D eigenvalue weighted by Crippen LogP contribution is 2.03. The molecule has 0 saturated carbocycles. The van der Waals surface area contributed by atoms with Gasteiger partial charge < -0.3 is 10.8 Å². The van der Waals surface area contributed by atoms with Crippen LogP contribution in [-0.4, -0.2) is 23.8 Å². The fraction of sp³-hybridized carbons (Fsp3) is 0.833. The van der Waals surface area contributed by atoms with Crippen molar-refractivity contribution in [3.63, 3.8) is 0 Å². The normalized spacial score (nSPS) is 13.0. The molecule has 0 aromatic rings. The second-order valence-corrected chi connectivity index (χ2v) is 2.09. The first-order valence-corrected chi connectivity index (χ1v) is 3.25. The maximum absolute atomic E-state index is 12.2. The van der Waals surface area contributed by atoms with Crippen LogP contribution in [0.2, 0.25) is 0 Å². The summed E-state index contributed by atoms with van der Waals surface area (Å²) in [5.41, 5.74) is 5.12. The highest BCUT2D eigenvalue weighted by Gasteiger charge is 2.13. The summed E-state index contributed by atoms with van der Waals surface area (Å²) in [4.78, 5) is 9.89. The third kappa shape index (κ3) is 4.26. The zero-order valence-electron chi connectivity index (χ0n) is 5.72. The number of carboxylic acids is 1.